The van der Waals surface area contributed by atoms with Gasteiger partial charge in [-0.3, -0.25) is 16.1 Å². The maximum atomic E-state index is 11.7. The van der Waals surface area contributed by atoms with Crippen molar-refractivity contribution < 1.29 is 4.74 Å². The molecule has 0 fully saturated rings. The molecule has 0 saturated heterocycles. The Morgan fingerprint density at radius 3 is 2.62 bits per heavy atom. The molecule has 0 unspecified atom stereocenters. The van der Waals surface area contributed by atoms with E-state index in [0.29, 0.717) is 18.0 Å². The van der Waals surface area contributed by atoms with Crippen LogP contribution in [0.2, 0.25) is 0 Å². The third-order valence-electron chi connectivity index (χ3n) is 3.17. The summed E-state index contributed by atoms with van der Waals surface area (Å²) in [4.78, 5) is 14.5. The quantitative estimate of drug-likeness (QED) is 0.506. The number of fused-ring (bicyclic) bond motifs is 1. The predicted molar refractivity (Wildman–Crippen MR) is 82.1 cm³/mol. The number of nitrogens with one attached hydrogen (secondary N) is 2. The van der Waals surface area contributed by atoms with Crippen LogP contribution in [0.4, 0.5) is 0 Å². The van der Waals surface area contributed by atoms with E-state index >= 15 is 0 Å². The van der Waals surface area contributed by atoms with Crippen molar-refractivity contribution in [2.75, 3.05) is 0 Å². The third kappa shape index (κ3) is 2.94. The van der Waals surface area contributed by atoms with Crippen LogP contribution in [0.3, 0.4) is 0 Å². The summed E-state index contributed by atoms with van der Waals surface area (Å²) in [5.41, 5.74) is 4.22. The second-order valence-electron chi connectivity index (χ2n) is 4.67. The molecule has 0 bridgehead atoms. The molecule has 0 amide bonds. The summed E-state index contributed by atoms with van der Waals surface area (Å²) in [6.07, 6.45) is 0. The molecule has 3 aromatic rings. The molecule has 1 aromatic heterocycles. The Morgan fingerprint density at radius 2 is 1.86 bits per heavy atom. The van der Waals surface area contributed by atoms with Crippen LogP contribution in [0.5, 0.6) is 11.5 Å². The number of aromatic amines is 1. The standard InChI is InChI=1S/C16H15N3O2/c17-18-10-11-5-7-12(8-6-11)21-15-9-16(20)19-14-4-2-1-3-13(14)15/h1-9,18H,10,17H2,(H,19,20). The molecule has 3 rings (SSSR count). The Hall–Kier alpha value is -2.63. The number of hydrazine groups is 1. The SMILES string of the molecule is NNCc1ccc(Oc2cc(=O)[nH]c3ccccc23)cc1. The van der Waals surface area contributed by atoms with Gasteiger partial charge in [0.1, 0.15) is 11.5 Å². The van der Waals surface area contributed by atoms with Crippen LogP contribution in [0.25, 0.3) is 10.9 Å². The monoisotopic (exact) mass is 281 g/mol. The summed E-state index contributed by atoms with van der Waals surface area (Å²) >= 11 is 0. The zero-order chi connectivity index (χ0) is 14.7. The minimum absolute atomic E-state index is 0.187. The van der Waals surface area contributed by atoms with Crippen LogP contribution in [-0.4, -0.2) is 4.98 Å². The highest BCUT2D eigenvalue weighted by atomic mass is 16.5. The molecule has 0 atom stereocenters. The largest absolute Gasteiger partial charge is 0.456 e. The predicted octanol–water partition coefficient (Wildman–Crippen LogP) is 2.28. The van der Waals surface area contributed by atoms with Gasteiger partial charge in [0, 0.05) is 18.0 Å². The highest BCUT2D eigenvalue weighted by Gasteiger charge is 2.05. The normalized spacial score (nSPS) is 10.7. The maximum absolute atomic E-state index is 11.7. The second kappa shape index (κ2) is 5.78. The van der Waals surface area contributed by atoms with Gasteiger partial charge in [0.25, 0.3) is 5.56 Å². The van der Waals surface area contributed by atoms with Gasteiger partial charge in [-0.05, 0) is 29.8 Å². The van der Waals surface area contributed by atoms with Crippen molar-refractivity contribution >= 4 is 10.9 Å². The lowest BCUT2D eigenvalue weighted by Gasteiger charge is -2.09. The van der Waals surface area contributed by atoms with E-state index in [0.717, 1.165) is 16.5 Å². The molecule has 0 saturated carbocycles. The summed E-state index contributed by atoms with van der Waals surface area (Å²) in [5.74, 6) is 6.50. The molecule has 0 aliphatic carbocycles. The van der Waals surface area contributed by atoms with Gasteiger partial charge in [-0.25, -0.2) is 0 Å². The number of aromatic nitrogens is 1. The molecule has 106 valence electrons. The van der Waals surface area contributed by atoms with E-state index in [1.165, 1.54) is 6.07 Å². The van der Waals surface area contributed by atoms with Crippen LogP contribution in [0.15, 0.2) is 59.4 Å². The lowest BCUT2D eigenvalue weighted by Crippen LogP contribution is -2.20. The molecule has 2 aromatic carbocycles. The van der Waals surface area contributed by atoms with E-state index in [-0.39, 0.29) is 5.56 Å². The van der Waals surface area contributed by atoms with Crippen molar-refractivity contribution in [1.82, 2.24) is 10.4 Å². The zero-order valence-corrected chi connectivity index (χ0v) is 11.3. The minimum atomic E-state index is -0.187. The summed E-state index contributed by atoms with van der Waals surface area (Å²) in [7, 11) is 0. The average Bonchev–Trinajstić information content (AvgIpc) is 2.49. The maximum Gasteiger partial charge on any atom is 0.252 e. The van der Waals surface area contributed by atoms with E-state index in [2.05, 4.69) is 10.4 Å². The lowest BCUT2D eigenvalue weighted by atomic mass is 10.2. The molecule has 1 heterocycles. The number of H-pyrrole nitrogens is 1. The lowest BCUT2D eigenvalue weighted by molar-refractivity contribution is 0.487. The molecule has 5 heteroatoms. The number of nitrogens with two attached hydrogens (primary N) is 1. The van der Waals surface area contributed by atoms with Crippen molar-refractivity contribution in [2.24, 2.45) is 5.84 Å². The van der Waals surface area contributed by atoms with Gasteiger partial charge in [0.15, 0.2) is 0 Å². The topological polar surface area (TPSA) is 80.1 Å². The van der Waals surface area contributed by atoms with Crippen molar-refractivity contribution in [1.29, 1.82) is 0 Å². The van der Waals surface area contributed by atoms with Crippen molar-refractivity contribution in [2.45, 2.75) is 6.54 Å². The van der Waals surface area contributed by atoms with Crippen molar-refractivity contribution in [3.05, 3.63) is 70.5 Å². The number of benzene rings is 2. The summed E-state index contributed by atoms with van der Waals surface area (Å²) in [6.45, 7) is 0.591. The molecule has 0 spiro atoms. The first-order valence-corrected chi connectivity index (χ1v) is 6.58. The Balaban J connectivity index is 1.96. The second-order valence-corrected chi connectivity index (χ2v) is 4.67. The summed E-state index contributed by atoms with van der Waals surface area (Å²) in [6, 6.07) is 16.5. The number of rotatable bonds is 4. The van der Waals surface area contributed by atoms with E-state index in [1.807, 2.05) is 48.5 Å². The van der Waals surface area contributed by atoms with E-state index in [1.54, 1.807) is 0 Å². The number of ether oxygens (including phenoxy) is 1. The highest BCUT2D eigenvalue weighted by molar-refractivity contribution is 5.84. The fraction of sp³-hybridized carbons (Fsp3) is 0.0625. The molecular formula is C16H15N3O2. The van der Waals surface area contributed by atoms with E-state index in [9.17, 15) is 4.79 Å². The smallest absolute Gasteiger partial charge is 0.252 e. The molecule has 21 heavy (non-hydrogen) atoms. The van der Waals surface area contributed by atoms with Gasteiger partial charge < -0.3 is 9.72 Å². The van der Waals surface area contributed by atoms with Gasteiger partial charge in [-0.15, -0.1) is 0 Å². The number of pyridine rings is 1. The Morgan fingerprint density at radius 1 is 1.10 bits per heavy atom. The average molecular weight is 281 g/mol. The van der Waals surface area contributed by atoms with Crippen LogP contribution in [-0.2, 0) is 6.54 Å². The van der Waals surface area contributed by atoms with Crippen LogP contribution >= 0.6 is 0 Å². The molecule has 0 aliphatic rings. The number of hydrogen-bond donors (Lipinski definition) is 3. The molecule has 5 nitrogen and oxygen atoms in total. The van der Waals surface area contributed by atoms with E-state index in [4.69, 9.17) is 10.6 Å². The molecule has 0 radical (unpaired) electrons. The Kier molecular flexibility index (Phi) is 3.68. The van der Waals surface area contributed by atoms with Crippen molar-refractivity contribution in [3.63, 3.8) is 0 Å². The fourth-order valence-electron chi connectivity index (χ4n) is 2.18. The first-order chi connectivity index (χ1) is 10.3. The third-order valence-corrected chi connectivity index (χ3v) is 3.17. The van der Waals surface area contributed by atoms with Crippen LogP contribution < -0.4 is 21.6 Å². The minimum Gasteiger partial charge on any atom is -0.456 e. The van der Waals surface area contributed by atoms with Crippen molar-refractivity contribution in [3.8, 4) is 11.5 Å². The van der Waals surface area contributed by atoms with Gasteiger partial charge in [0.05, 0.1) is 5.52 Å². The Labute approximate surface area is 121 Å². The van der Waals surface area contributed by atoms with Gasteiger partial charge in [-0.1, -0.05) is 24.3 Å². The van der Waals surface area contributed by atoms with Gasteiger partial charge in [0.2, 0.25) is 0 Å². The molecule has 0 aliphatic heterocycles. The van der Waals surface area contributed by atoms with Crippen LogP contribution in [0, 0.1) is 0 Å². The fourth-order valence-corrected chi connectivity index (χ4v) is 2.18. The van der Waals surface area contributed by atoms with Gasteiger partial charge >= 0.3 is 0 Å². The van der Waals surface area contributed by atoms with Crippen LogP contribution in [0.1, 0.15) is 5.56 Å². The van der Waals surface area contributed by atoms with E-state index < -0.39 is 0 Å². The number of hydrogen-bond acceptors (Lipinski definition) is 4. The number of para-hydroxylation sites is 1. The first kappa shape index (κ1) is 13.4. The molecule has 4 N–H and O–H groups in total. The summed E-state index contributed by atoms with van der Waals surface area (Å²) < 4.78 is 5.83. The summed E-state index contributed by atoms with van der Waals surface area (Å²) in [5, 5.41) is 0.866. The highest BCUT2D eigenvalue weighted by Crippen LogP contribution is 2.27. The molecular weight excluding hydrogens is 266 g/mol. The Bertz CT molecular complexity index is 810. The first-order valence-electron chi connectivity index (χ1n) is 6.58. The van der Waals surface area contributed by atoms with Gasteiger partial charge in [-0.2, -0.15) is 0 Å². The zero-order valence-electron chi connectivity index (χ0n) is 11.3.